The van der Waals surface area contributed by atoms with Crippen molar-refractivity contribution in [2.24, 2.45) is 5.92 Å². The Morgan fingerprint density at radius 2 is 1.77 bits per heavy atom. The van der Waals surface area contributed by atoms with Crippen molar-refractivity contribution >= 4 is 16.9 Å². The molecule has 4 rings (SSSR count). The largest absolute Gasteiger partial charge is 0.465 e. The third-order valence-corrected chi connectivity index (χ3v) is 6.88. The number of carbonyl (C=O) groups excluding carboxylic acids is 1. The fraction of sp³-hybridized carbons (Fsp3) is 0.464. The van der Waals surface area contributed by atoms with E-state index in [9.17, 15) is 4.79 Å². The van der Waals surface area contributed by atoms with Gasteiger partial charge in [-0.05, 0) is 67.3 Å². The Morgan fingerprint density at radius 3 is 2.48 bits per heavy atom. The molecule has 0 aliphatic heterocycles. The van der Waals surface area contributed by atoms with Crippen molar-refractivity contribution in [1.29, 1.82) is 0 Å². The Kier molecular flexibility index (Phi) is 7.11. The summed E-state index contributed by atoms with van der Waals surface area (Å²) in [7, 11) is 1.43. The van der Waals surface area contributed by atoms with Gasteiger partial charge in [0, 0.05) is 23.1 Å². The molecule has 0 unspecified atom stereocenters. The number of nitrogens with zero attached hydrogens (tertiary/aromatic N) is 1. The molecular formula is C28H35NO2. The van der Waals surface area contributed by atoms with Gasteiger partial charge in [-0.2, -0.15) is 0 Å². The van der Waals surface area contributed by atoms with Crippen molar-refractivity contribution in [2.45, 2.75) is 71.3 Å². The van der Waals surface area contributed by atoms with E-state index in [0.29, 0.717) is 5.56 Å². The molecule has 1 aliphatic carbocycles. The van der Waals surface area contributed by atoms with Crippen LogP contribution in [-0.4, -0.2) is 17.6 Å². The number of hydrogen-bond donors (Lipinski definition) is 0. The first-order valence-corrected chi connectivity index (χ1v) is 12.0. The van der Waals surface area contributed by atoms with Gasteiger partial charge in [0.1, 0.15) is 0 Å². The van der Waals surface area contributed by atoms with Gasteiger partial charge in [-0.3, -0.25) is 0 Å². The summed E-state index contributed by atoms with van der Waals surface area (Å²) in [5, 5.41) is 1.39. The van der Waals surface area contributed by atoms with Crippen LogP contribution in [0, 0.1) is 5.92 Å². The Labute approximate surface area is 186 Å². The van der Waals surface area contributed by atoms with E-state index < -0.39 is 0 Å². The molecule has 0 N–H and O–H groups in total. The van der Waals surface area contributed by atoms with Crippen molar-refractivity contribution in [3.63, 3.8) is 0 Å². The Balaban J connectivity index is 1.71. The predicted octanol–water partition coefficient (Wildman–Crippen LogP) is 6.94. The summed E-state index contributed by atoms with van der Waals surface area (Å²) in [6, 6.07) is 16.9. The predicted molar refractivity (Wildman–Crippen MR) is 128 cm³/mol. The lowest BCUT2D eigenvalue weighted by Gasteiger charge is -2.24. The van der Waals surface area contributed by atoms with Gasteiger partial charge in [0.05, 0.1) is 12.7 Å². The highest BCUT2D eigenvalue weighted by Crippen LogP contribution is 2.33. The van der Waals surface area contributed by atoms with Crippen LogP contribution in [0.2, 0.25) is 0 Å². The molecule has 0 atom stereocenters. The maximum absolute atomic E-state index is 11.8. The van der Waals surface area contributed by atoms with E-state index >= 15 is 0 Å². The van der Waals surface area contributed by atoms with Crippen molar-refractivity contribution in [3.8, 4) is 0 Å². The van der Waals surface area contributed by atoms with Crippen molar-refractivity contribution in [3.05, 3.63) is 70.9 Å². The highest BCUT2D eigenvalue weighted by atomic mass is 16.5. The van der Waals surface area contributed by atoms with Crippen molar-refractivity contribution in [2.75, 3.05) is 7.11 Å². The molecule has 0 spiro atoms. The van der Waals surface area contributed by atoms with E-state index in [1.54, 1.807) is 0 Å². The quantitative estimate of drug-likeness (QED) is 0.372. The number of methoxy groups -OCH3 is 1. The van der Waals surface area contributed by atoms with E-state index in [-0.39, 0.29) is 5.97 Å². The minimum absolute atomic E-state index is 0.278. The van der Waals surface area contributed by atoms with Crippen LogP contribution in [0.4, 0.5) is 0 Å². The molecular weight excluding hydrogens is 382 g/mol. The number of fused-ring (bicyclic) bond motifs is 1. The molecule has 1 saturated carbocycles. The zero-order chi connectivity index (χ0) is 21.6. The third-order valence-electron chi connectivity index (χ3n) is 6.88. The second kappa shape index (κ2) is 10.2. The van der Waals surface area contributed by atoms with E-state index in [1.165, 1.54) is 79.8 Å². The molecule has 1 fully saturated rings. The molecule has 3 aromatic rings. The molecule has 0 saturated heterocycles. The molecule has 2 aromatic carbocycles. The van der Waals surface area contributed by atoms with E-state index in [0.717, 1.165) is 25.3 Å². The third kappa shape index (κ3) is 4.87. The van der Waals surface area contributed by atoms with Crippen LogP contribution in [-0.2, 0) is 24.1 Å². The fourth-order valence-electron chi connectivity index (χ4n) is 5.17. The first-order valence-electron chi connectivity index (χ1n) is 12.0. The number of aromatic nitrogens is 1. The van der Waals surface area contributed by atoms with Crippen LogP contribution in [0.5, 0.6) is 0 Å². The van der Waals surface area contributed by atoms with E-state index in [1.807, 2.05) is 12.1 Å². The summed E-state index contributed by atoms with van der Waals surface area (Å²) < 4.78 is 7.50. The highest BCUT2D eigenvalue weighted by Gasteiger charge is 2.21. The molecule has 3 heteroatoms. The lowest BCUT2D eigenvalue weighted by Crippen LogP contribution is -2.16. The van der Waals surface area contributed by atoms with Gasteiger partial charge < -0.3 is 9.30 Å². The molecule has 31 heavy (non-hydrogen) atoms. The Bertz CT molecular complexity index is 1010. The summed E-state index contributed by atoms with van der Waals surface area (Å²) in [6.45, 7) is 3.43. The monoisotopic (exact) mass is 417 g/mol. The van der Waals surface area contributed by atoms with Crippen LogP contribution in [0.15, 0.2) is 48.5 Å². The zero-order valence-corrected chi connectivity index (χ0v) is 19.0. The van der Waals surface area contributed by atoms with Gasteiger partial charge in [-0.15, -0.1) is 0 Å². The first-order chi connectivity index (χ1) is 15.2. The van der Waals surface area contributed by atoms with E-state index in [2.05, 4.69) is 47.9 Å². The Hall–Kier alpha value is -2.55. The lowest BCUT2D eigenvalue weighted by atomic mass is 9.89. The summed E-state index contributed by atoms with van der Waals surface area (Å²) in [6.07, 6.45) is 11.4. The topological polar surface area (TPSA) is 31.2 Å². The minimum atomic E-state index is -0.278. The molecule has 0 amide bonds. The maximum atomic E-state index is 11.8. The molecule has 0 bridgehead atoms. The van der Waals surface area contributed by atoms with Gasteiger partial charge in [0.15, 0.2) is 0 Å². The molecule has 0 radical (unpaired) electrons. The second-order valence-electron chi connectivity index (χ2n) is 9.03. The average molecular weight is 418 g/mol. The second-order valence-corrected chi connectivity index (χ2v) is 9.03. The van der Waals surface area contributed by atoms with Gasteiger partial charge in [-0.1, -0.05) is 62.9 Å². The minimum Gasteiger partial charge on any atom is -0.465 e. The molecule has 1 aliphatic rings. The summed E-state index contributed by atoms with van der Waals surface area (Å²) in [5.74, 6) is 0.524. The molecule has 3 nitrogen and oxygen atoms in total. The van der Waals surface area contributed by atoms with Crippen molar-refractivity contribution < 1.29 is 9.53 Å². The first kappa shape index (κ1) is 21.7. The number of ether oxygens (including phenoxy) is 1. The van der Waals surface area contributed by atoms with Crippen LogP contribution in [0.25, 0.3) is 10.9 Å². The van der Waals surface area contributed by atoms with E-state index in [4.69, 9.17) is 4.74 Å². The summed E-state index contributed by atoms with van der Waals surface area (Å²) in [5.41, 5.74) is 6.22. The molecule has 1 heterocycles. The SMILES string of the molecule is CCCCc1c(Cc2ccc(C(=O)OC)cc2)c2ccccc2n1CC1CCCCC1. The number of unbranched alkanes of at least 4 members (excludes halogenated alkanes) is 1. The normalized spacial score (nSPS) is 14.8. The zero-order valence-electron chi connectivity index (χ0n) is 19.0. The summed E-state index contributed by atoms with van der Waals surface area (Å²) >= 11 is 0. The summed E-state index contributed by atoms with van der Waals surface area (Å²) in [4.78, 5) is 11.8. The van der Waals surface area contributed by atoms with Crippen molar-refractivity contribution in [1.82, 2.24) is 4.57 Å². The van der Waals surface area contributed by atoms with Gasteiger partial charge in [0.2, 0.25) is 0 Å². The smallest absolute Gasteiger partial charge is 0.337 e. The molecule has 164 valence electrons. The number of carbonyl (C=O) groups is 1. The fourth-order valence-corrected chi connectivity index (χ4v) is 5.17. The number of benzene rings is 2. The van der Waals surface area contributed by atoms with Gasteiger partial charge in [0.25, 0.3) is 0 Å². The molecule has 1 aromatic heterocycles. The maximum Gasteiger partial charge on any atom is 0.337 e. The number of para-hydroxylation sites is 1. The van der Waals surface area contributed by atoms with Crippen LogP contribution in [0.3, 0.4) is 0 Å². The van der Waals surface area contributed by atoms with Crippen LogP contribution < -0.4 is 0 Å². The van der Waals surface area contributed by atoms with Gasteiger partial charge in [-0.25, -0.2) is 4.79 Å². The number of hydrogen-bond acceptors (Lipinski definition) is 2. The van der Waals surface area contributed by atoms with Crippen LogP contribution in [0.1, 0.15) is 79.0 Å². The standard InChI is InChI=1S/C28H35NO2/c1-3-4-13-27-25(19-21-15-17-23(18-16-21)28(30)31-2)24-12-8-9-14-26(24)29(27)20-22-10-6-5-7-11-22/h8-9,12,14-18,22H,3-7,10-11,13,19-20H2,1-2H3. The van der Waals surface area contributed by atoms with Gasteiger partial charge >= 0.3 is 5.97 Å². The Morgan fingerprint density at radius 1 is 1.03 bits per heavy atom. The number of esters is 1. The lowest BCUT2D eigenvalue weighted by molar-refractivity contribution is 0.0600. The number of rotatable bonds is 8. The average Bonchev–Trinajstić information content (AvgIpc) is 3.10. The highest BCUT2D eigenvalue weighted by molar-refractivity contribution is 5.89. The van der Waals surface area contributed by atoms with Crippen LogP contribution >= 0.6 is 0 Å².